The molecule has 2 aromatic heterocycles. The minimum atomic E-state index is -0.201. The van der Waals surface area contributed by atoms with Crippen molar-refractivity contribution >= 4 is 0 Å². The van der Waals surface area contributed by atoms with E-state index in [1.165, 1.54) is 0 Å². The summed E-state index contributed by atoms with van der Waals surface area (Å²) in [5.41, 5.74) is 6.81. The summed E-state index contributed by atoms with van der Waals surface area (Å²) in [5, 5.41) is 3.91. The molecule has 1 atom stereocenters. The fourth-order valence-electron chi connectivity index (χ4n) is 1.61. The quantitative estimate of drug-likeness (QED) is 0.874. The third-order valence-corrected chi connectivity index (χ3v) is 2.40. The Balaban J connectivity index is 2.16. The molecule has 2 heterocycles. The van der Waals surface area contributed by atoms with Crippen LogP contribution < -0.4 is 5.73 Å². The van der Waals surface area contributed by atoms with Crippen LogP contribution in [0.15, 0.2) is 29.0 Å². The van der Waals surface area contributed by atoms with Crippen LogP contribution in [0.1, 0.15) is 32.2 Å². The summed E-state index contributed by atoms with van der Waals surface area (Å²) in [6.07, 6.45) is 4.23. The number of hydrogen-bond acceptors (Lipinski definition) is 5. The summed E-state index contributed by atoms with van der Waals surface area (Å²) in [6.45, 7) is 4.22. The van der Waals surface area contributed by atoms with Crippen LogP contribution in [0.2, 0.25) is 0 Å². The van der Waals surface area contributed by atoms with E-state index in [1.54, 1.807) is 12.4 Å². The number of hydrogen-bond donors (Lipinski definition) is 1. The van der Waals surface area contributed by atoms with Gasteiger partial charge in [0, 0.05) is 18.0 Å². The van der Waals surface area contributed by atoms with Crippen molar-refractivity contribution in [2.45, 2.75) is 26.3 Å². The molecule has 0 amide bonds. The fourth-order valence-corrected chi connectivity index (χ4v) is 1.61. The lowest BCUT2D eigenvalue weighted by atomic mass is 10.0. The summed E-state index contributed by atoms with van der Waals surface area (Å²) in [6, 6.07) is 3.52. The summed E-state index contributed by atoms with van der Waals surface area (Å²) >= 11 is 0. The second-order valence-electron chi connectivity index (χ2n) is 4.43. The Morgan fingerprint density at radius 1 is 1.41 bits per heavy atom. The zero-order valence-corrected chi connectivity index (χ0v) is 10.00. The summed E-state index contributed by atoms with van der Waals surface area (Å²) in [7, 11) is 0. The standard InChI is InChI=1S/C12H16N4O/c1-8(2)6-10(13)12-15-11(16-17-12)9-4-3-5-14-7-9/h3-5,7-8,10H,6,13H2,1-2H3. The molecule has 0 aromatic carbocycles. The van der Waals surface area contributed by atoms with Gasteiger partial charge >= 0.3 is 0 Å². The maximum atomic E-state index is 5.98. The predicted molar refractivity (Wildman–Crippen MR) is 63.9 cm³/mol. The third-order valence-electron chi connectivity index (χ3n) is 2.40. The van der Waals surface area contributed by atoms with Crippen molar-refractivity contribution in [1.29, 1.82) is 0 Å². The van der Waals surface area contributed by atoms with Crippen LogP contribution in [0.4, 0.5) is 0 Å². The highest BCUT2D eigenvalue weighted by Crippen LogP contribution is 2.20. The highest BCUT2D eigenvalue weighted by molar-refractivity contribution is 5.51. The lowest BCUT2D eigenvalue weighted by molar-refractivity contribution is 0.335. The topological polar surface area (TPSA) is 77.8 Å². The zero-order valence-electron chi connectivity index (χ0n) is 10.00. The fraction of sp³-hybridized carbons (Fsp3) is 0.417. The van der Waals surface area contributed by atoms with E-state index < -0.39 is 0 Å². The Morgan fingerprint density at radius 3 is 2.88 bits per heavy atom. The first-order valence-corrected chi connectivity index (χ1v) is 5.66. The van der Waals surface area contributed by atoms with E-state index in [4.69, 9.17) is 10.3 Å². The molecule has 2 aromatic rings. The van der Waals surface area contributed by atoms with E-state index in [9.17, 15) is 0 Å². The Morgan fingerprint density at radius 2 is 2.24 bits per heavy atom. The molecule has 0 bridgehead atoms. The molecule has 90 valence electrons. The molecule has 0 aliphatic heterocycles. The van der Waals surface area contributed by atoms with Gasteiger partial charge in [-0.3, -0.25) is 4.98 Å². The third kappa shape index (κ3) is 2.88. The van der Waals surface area contributed by atoms with Gasteiger partial charge in [-0.05, 0) is 24.5 Å². The number of nitrogens with two attached hydrogens (primary N) is 1. The van der Waals surface area contributed by atoms with Gasteiger partial charge in [-0.1, -0.05) is 19.0 Å². The van der Waals surface area contributed by atoms with Gasteiger partial charge in [-0.25, -0.2) is 0 Å². The van der Waals surface area contributed by atoms with Crippen LogP contribution in [0.25, 0.3) is 11.4 Å². The molecule has 2 rings (SSSR count). The number of rotatable bonds is 4. The Bertz CT molecular complexity index is 466. The Kier molecular flexibility index (Phi) is 3.49. The highest BCUT2D eigenvalue weighted by atomic mass is 16.5. The van der Waals surface area contributed by atoms with Crippen molar-refractivity contribution in [3.8, 4) is 11.4 Å². The van der Waals surface area contributed by atoms with Gasteiger partial charge in [0.2, 0.25) is 11.7 Å². The summed E-state index contributed by atoms with van der Waals surface area (Å²) in [5.74, 6) is 1.52. The van der Waals surface area contributed by atoms with Gasteiger partial charge in [0.1, 0.15) is 0 Å². The van der Waals surface area contributed by atoms with E-state index in [0.717, 1.165) is 12.0 Å². The molecule has 0 aliphatic carbocycles. The molecule has 5 heteroatoms. The van der Waals surface area contributed by atoms with Crippen LogP contribution in [0.3, 0.4) is 0 Å². The van der Waals surface area contributed by atoms with Gasteiger partial charge in [-0.2, -0.15) is 4.98 Å². The molecule has 0 radical (unpaired) electrons. The summed E-state index contributed by atoms with van der Waals surface area (Å²) < 4.78 is 5.17. The molecule has 0 saturated heterocycles. The van der Waals surface area contributed by atoms with Gasteiger partial charge < -0.3 is 10.3 Å². The van der Waals surface area contributed by atoms with Crippen molar-refractivity contribution in [3.63, 3.8) is 0 Å². The van der Waals surface area contributed by atoms with Gasteiger partial charge in [0.25, 0.3) is 0 Å². The van der Waals surface area contributed by atoms with Gasteiger partial charge in [0.15, 0.2) is 0 Å². The van der Waals surface area contributed by atoms with Crippen molar-refractivity contribution in [1.82, 2.24) is 15.1 Å². The van der Waals surface area contributed by atoms with Crippen LogP contribution in [-0.4, -0.2) is 15.1 Å². The second-order valence-corrected chi connectivity index (χ2v) is 4.43. The van der Waals surface area contributed by atoms with E-state index in [-0.39, 0.29) is 6.04 Å². The number of pyridine rings is 1. The van der Waals surface area contributed by atoms with Crippen LogP contribution >= 0.6 is 0 Å². The predicted octanol–water partition coefficient (Wildman–Crippen LogP) is 2.18. The highest BCUT2D eigenvalue weighted by Gasteiger charge is 2.16. The minimum absolute atomic E-state index is 0.201. The van der Waals surface area contributed by atoms with Crippen LogP contribution in [-0.2, 0) is 0 Å². The van der Waals surface area contributed by atoms with Crippen molar-refractivity contribution in [2.75, 3.05) is 0 Å². The van der Waals surface area contributed by atoms with Crippen LogP contribution in [0.5, 0.6) is 0 Å². The normalized spacial score (nSPS) is 12.9. The van der Waals surface area contributed by atoms with E-state index in [2.05, 4.69) is 29.0 Å². The van der Waals surface area contributed by atoms with Gasteiger partial charge in [0.05, 0.1) is 6.04 Å². The maximum absolute atomic E-state index is 5.98. The molecule has 0 spiro atoms. The Hall–Kier alpha value is -1.75. The van der Waals surface area contributed by atoms with Crippen molar-refractivity contribution < 1.29 is 4.52 Å². The molecule has 0 aliphatic rings. The van der Waals surface area contributed by atoms with Crippen molar-refractivity contribution in [3.05, 3.63) is 30.4 Å². The first kappa shape index (κ1) is 11.7. The SMILES string of the molecule is CC(C)CC(N)c1nc(-c2cccnc2)no1. The molecule has 0 saturated carbocycles. The first-order chi connectivity index (χ1) is 8.16. The average molecular weight is 232 g/mol. The molecule has 17 heavy (non-hydrogen) atoms. The smallest absolute Gasteiger partial charge is 0.243 e. The molecule has 0 fully saturated rings. The lowest BCUT2D eigenvalue weighted by Gasteiger charge is -2.08. The van der Waals surface area contributed by atoms with Crippen molar-refractivity contribution in [2.24, 2.45) is 11.7 Å². The average Bonchev–Trinajstić information content (AvgIpc) is 2.78. The van der Waals surface area contributed by atoms with E-state index in [1.807, 2.05) is 12.1 Å². The zero-order chi connectivity index (χ0) is 12.3. The van der Waals surface area contributed by atoms with Crippen LogP contribution in [0, 0.1) is 5.92 Å². The number of nitrogens with zero attached hydrogens (tertiary/aromatic N) is 3. The maximum Gasteiger partial charge on any atom is 0.243 e. The molecular weight excluding hydrogens is 216 g/mol. The molecule has 1 unspecified atom stereocenters. The molecule has 5 nitrogen and oxygen atoms in total. The molecular formula is C12H16N4O. The Labute approximate surface area is 100 Å². The largest absolute Gasteiger partial charge is 0.337 e. The van der Waals surface area contributed by atoms with Gasteiger partial charge in [-0.15, -0.1) is 0 Å². The van der Waals surface area contributed by atoms with E-state index in [0.29, 0.717) is 17.6 Å². The summed E-state index contributed by atoms with van der Waals surface area (Å²) in [4.78, 5) is 8.30. The first-order valence-electron chi connectivity index (χ1n) is 5.66. The number of aromatic nitrogens is 3. The lowest BCUT2D eigenvalue weighted by Crippen LogP contribution is -2.13. The monoisotopic (exact) mass is 232 g/mol. The second kappa shape index (κ2) is 5.05. The molecule has 2 N–H and O–H groups in total. The minimum Gasteiger partial charge on any atom is -0.337 e. The van der Waals surface area contributed by atoms with E-state index >= 15 is 0 Å².